The summed E-state index contributed by atoms with van der Waals surface area (Å²) in [6.07, 6.45) is 0. The summed E-state index contributed by atoms with van der Waals surface area (Å²) in [6.45, 7) is 4.70. The highest BCUT2D eigenvalue weighted by atomic mass is 32.1. The molecule has 0 N–H and O–H groups in total. The molecule has 0 saturated heterocycles. The van der Waals surface area contributed by atoms with Crippen molar-refractivity contribution in [3.8, 4) is 28.3 Å². The molecule has 3 heterocycles. The Balaban J connectivity index is 1.31. The van der Waals surface area contributed by atoms with Gasteiger partial charge in [0.2, 0.25) is 5.95 Å². The lowest BCUT2D eigenvalue weighted by Crippen LogP contribution is -2.15. The van der Waals surface area contributed by atoms with Crippen molar-refractivity contribution in [2.45, 2.75) is 19.3 Å². The molecule has 1 aliphatic carbocycles. The Hall–Kier alpha value is -5.84. The van der Waals surface area contributed by atoms with Gasteiger partial charge in [-0.05, 0) is 74.1 Å². The molecule has 0 amide bonds. The van der Waals surface area contributed by atoms with E-state index in [1.165, 1.54) is 59.3 Å². The molecule has 3 aromatic heterocycles. The van der Waals surface area contributed by atoms with E-state index in [-0.39, 0.29) is 5.41 Å². The second-order valence-electron chi connectivity index (χ2n) is 13.8. The minimum atomic E-state index is -0.130. The van der Waals surface area contributed by atoms with Gasteiger partial charge in [0, 0.05) is 31.8 Å². The molecule has 0 saturated carbocycles. The van der Waals surface area contributed by atoms with E-state index in [1.807, 2.05) is 0 Å². The van der Waals surface area contributed by atoms with Crippen LogP contribution in [0, 0.1) is 0 Å². The smallest absolute Gasteiger partial charge is 0.235 e. The van der Waals surface area contributed by atoms with Crippen molar-refractivity contribution >= 4 is 75.0 Å². The van der Waals surface area contributed by atoms with E-state index in [2.05, 4.69) is 158 Å². The van der Waals surface area contributed by atoms with Gasteiger partial charge in [-0.15, -0.1) is 11.3 Å². The third kappa shape index (κ3) is 3.67. The average molecular weight is 644 g/mol. The second-order valence-corrected chi connectivity index (χ2v) is 14.9. The molecule has 0 spiro atoms. The summed E-state index contributed by atoms with van der Waals surface area (Å²) >= 11 is 1.78. The molecule has 10 aromatic rings. The molecule has 230 valence electrons. The van der Waals surface area contributed by atoms with Gasteiger partial charge in [-0.3, -0.25) is 4.57 Å². The number of aromatic nitrogens is 3. The Morgan fingerprint density at radius 2 is 1.16 bits per heavy atom. The standard InChI is InChI=1S/C45H29N3S/c1-45(2)36-20-9-7-17-30(36)33-24-35-34-22-27-13-3-4-14-28(27)23-38(34)48(39(35)25-37(33)45)44-46-41(31-19-11-15-26-12-5-6-16-29(26)31)43-42(47-44)32-18-8-10-21-40(32)49-43/h3-25H,1-2H3. The maximum Gasteiger partial charge on any atom is 0.235 e. The SMILES string of the molecule is CC1(C)c2ccccc2-c2cc3c4cc5ccccc5cc4n(-c4nc(-c5cccc6ccccc56)c5sc6ccccc6c5n4)c3cc21. The lowest BCUT2D eigenvalue weighted by atomic mass is 9.82. The zero-order valence-electron chi connectivity index (χ0n) is 27.0. The molecular formula is C45H29N3S. The first-order chi connectivity index (χ1) is 24.0. The Labute approximate surface area is 286 Å². The van der Waals surface area contributed by atoms with Crippen LogP contribution in [-0.4, -0.2) is 14.5 Å². The molecule has 0 unspecified atom stereocenters. The molecule has 7 aromatic carbocycles. The fourth-order valence-corrected chi connectivity index (χ4v) is 9.55. The molecule has 3 nitrogen and oxygen atoms in total. The minimum absolute atomic E-state index is 0.130. The van der Waals surface area contributed by atoms with Gasteiger partial charge < -0.3 is 0 Å². The summed E-state index contributed by atoms with van der Waals surface area (Å²) in [5.74, 6) is 0.697. The van der Waals surface area contributed by atoms with Gasteiger partial charge in [0.25, 0.3) is 0 Å². The molecule has 0 atom stereocenters. The van der Waals surface area contributed by atoms with Crippen LogP contribution in [0.5, 0.6) is 0 Å². The topological polar surface area (TPSA) is 30.7 Å². The number of thiophene rings is 1. The van der Waals surface area contributed by atoms with Crippen LogP contribution < -0.4 is 0 Å². The fourth-order valence-electron chi connectivity index (χ4n) is 8.40. The van der Waals surface area contributed by atoms with Gasteiger partial charge >= 0.3 is 0 Å². The van der Waals surface area contributed by atoms with Crippen LogP contribution in [0.3, 0.4) is 0 Å². The summed E-state index contributed by atoms with van der Waals surface area (Å²) in [5.41, 5.74) is 10.6. The maximum atomic E-state index is 5.57. The highest BCUT2D eigenvalue weighted by Gasteiger charge is 2.36. The van der Waals surface area contributed by atoms with E-state index < -0.39 is 0 Å². The van der Waals surface area contributed by atoms with E-state index in [0.29, 0.717) is 5.95 Å². The highest BCUT2D eigenvalue weighted by Crippen LogP contribution is 2.51. The zero-order valence-corrected chi connectivity index (χ0v) is 27.8. The maximum absolute atomic E-state index is 5.57. The van der Waals surface area contributed by atoms with E-state index in [9.17, 15) is 0 Å². The van der Waals surface area contributed by atoms with Crippen molar-refractivity contribution in [3.63, 3.8) is 0 Å². The Morgan fingerprint density at radius 1 is 0.510 bits per heavy atom. The third-order valence-electron chi connectivity index (χ3n) is 10.8. The molecule has 0 aliphatic heterocycles. The summed E-state index contributed by atoms with van der Waals surface area (Å²) in [5, 5.41) is 8.42. The van der Waals surface area contributed by atoms with Crippen LogP contribution in [-0.2, 0) is 5.41 Å². The first-order valence-electron chi connectivity index (χ1n) is 16.8. The lowest BCUT2D eigenvalue weighted by molar-refractivity contribution is 0.661. The highest BCUT2D eigenvalue weighted by molar-refractivity contribution is 7.26. The van der Waals surface area contributed by atoms with Crippen LogP contribution >= 0.6 is 11.3 Å². The van der Waals surface area contributed by atoms with Crippen molar-refractivity contribution < 1.29 is 0 Å². The molecule has 11 rings (SSSR count). The number of rotatable bonds is 2. The third-order valence-corrected chi connectivity index (χ3v) is 12.0. The Morgan fingerprint density at radius 3 is 2.04 bits per heavy atom. The fraction of sp³-hybridized carbons (Fsp3) is 0.0667. The van der Waals surface area contributed by atoms with Gasteiger partial charge in [-0.25, -0.2) is 9.97 Å². The largest absolute Gasteiger partial charge is 0.278 e. The molecule has 1 aliphatic rings. The monoisotopic (exact) mass is 643 g/mol. The number of hydrogen-bond donors (Lipinski definition) is 0. The normalized spacial score (nSPS) is 13.7. The van der Waals surface area contributed by atoms with Crippen molar-refractivity contribution in [1.82, 2.24) is 14.5 Å². The van der Waals surface area contributed by atoms with Crippen LogP contribution in [0.25, 0.3) is 92.0 Å². The van der Waals surface area contributed by atoms with Crippen LogP contribution in [0.15, 0.2) is 140 Å². The van der Waals surface area contributed by atoms with Gasteiger partial charge in [0.15, 0.2) is 0 Å². The average Bonchev–Trinajstić information content (AvgIpc) is 3.74. The molecule has 49 heavy (non-hydrogen) atoms. The summed E-state index contributed by atoms with van der Waals surface area (Å²) in [6, 6.07) is 50.9. The molecule has 0 radical (unpaired) electrons. The number of fused-ring (bicyclic) bond motifs is 11. The predicted octanol–water partition coefficient (Wildman–Crippen LogP) is 12.2. The van der Waals surface area contributed by atoms with E-state index in [0.717, 1.165) is 37.9 Å². The Bertz CT molecular complexity index is 3030. The second kappa shape index (κ2) is 9.62. The number of benzene rings is 7. The zero-order chi connectivity index (χ0) is 32.4. The lowest BCUT2D eigenvalue weighted by Gasteiger charge is -2.21. The summed E-state index contributed by atoms with van der Waals surface area (Å²) < 4.78 is 4.66. The van der Waals surface area contributed by atoms with Crippen molar-refractivity contribution in [1.29, 1.82) is 0 Å². The van der Waals surface area contributed by atoms with Gasteiger partial charge in [-0.2, -0.15) is 0 Å². The Kier molecular flexibility index (Phi) is 5.33. The van der Waals surface area contributed by atoms with Crippen molar-refractivity contribution in [2.24, 2.45) is 0 Å². The molecular weight excluding hydrogens is 615 g/mol. The molecule has 4 heteroatoms. The first-order valence-corrected chi connectivity index (χ1v) is 17.7. The quantitative estimate of drug-likeness (QED) is 0.188. The van der Waals surface area contributed by atoms with E-state index >= 15 is 0 Å². The summed E-state index contributed by atoms with van der Waals surface area (Å²) in [4.78, 5) is 11.1. The van der Waals surface area contributed by atoms with Gasteiger partial charge in [0.1, 0.15) is 0 Å². The van der Waals surface area contributed by atoms with Crippen LogP contribution in [0.4, 0.5) is 0 Å². The van der Waals surface area contributed by atoms with Gasteiger partial charge in [-0.1, -0.05) is 123 Å². The minimum Gasteiger partial charge on any atom is -0.278 e. The van der Waals surface area contributed by atoms with Crippen LogP contribution in [0.2, 0.25) is 0 Å². The summed E-state index contributed by atoms with van der Waals surface area (Å²) in [7, 11) is 0. The van der Waals surface area contributed by atoms with E-state index in [4.69, 9.17) is 9.97 Å². The van der Waals surface area contributed by atoms with Crippen LogP contribution in [0.1, 0.15) is 25.0 Å². The first kappa shape index (κ1) is 27.1. The number of hydrogen-bond acceptors (Lipinski definition) is 3. The molecule has 0 fully saturated rings. The predicted molar refractivity (Wildman–Crippen MR) is 207 cm³/mol. The van der Waals surface area contributed by atoms with Crippen molar-refractivity contribution in [3.05, 3.63) is 151 Å². The van der Waals surface area contributed by atoms with Crippen molar-refractivity contribution in [2.75, 3.05) is 0 Å². The number of nitrogens with zero attached hydrogens (tertiary/aromatic N) is 3. The van der Waals surface area contributed by atoms with E-state index in [1.54, 1.807) is 11.3 Å². The molecule has 0 bridgehead atoms. The van der Waals surface area contributed by atoms with Gasteiger partial charge in [0.05, 0.1) is 26.9 Å².